The van der Waals surface area contributed by atoms with Crippen LogP contribution in [0.25, 0.3) is 0 Å². The summed E-state index contributed by atoms with van der Waals surface area (Å²) in [7, 11) is 0. The van der Waals surface area contributed by atoms with Gasteiger partial charge in [-0.3, -0.25) is 0 Å². The van der Waals surface area contributed by atoms with Gasteiger partial charge in [-0.1, -0.05) is 50.6 Å². The molecule has 1 fully saturated rings. The van der Waals surface area contributed by atoms with E-state index in [9.17, 15) is 4.39 Å². The molecule has 1 aliphatic rings. The van der Waals surface area contributed by atoms with Crippen LogP contribution in [-0.4, -0.2) is 6.54 Å². The first-order chi connectivity index (χ1) is 9.61. The Labute approximate surface area is 134 Å². The minimum Gasteiger partial charge on any atom is -0.310 e. The van der Waals surface area contributed by atoms with E-state index in [0.29, 0.717) is 21.0 Å². The van der Waals surface area contributed by atoms with Crippen LogP contribution in [-0.2, 0) is 0 Å². The average molecular weight is 363 g/mol. The molecule has 0 spiro atoms. The van der Waals surface area contributed by atoms with Gasteiger partial charge in [0.05, 0.1) is 5.02 Å². The number of hydrogen-bond acceptors (Lipinski definition) is 1. The molecule has 1 aromatic carbocycles. The standard InChI is InChI=1S/C16H22BrClFN/c1-2-20-16(8-11-6-4-3-5-7-11)12-9-14(18)13(17)10-15(12)19/h9-11,16,20H,2-8H2,1H3. The maximum atomic E-state index is 14.2. The van der Waals surface area contributed by atoms with E-state index in [2.05, 4.69) is 28.2 Å². The van der Waals surface area contributed by atoms with Crippen LogP contribution < -0.4 is 5.32 Å². The Morgan fingerprint density at radius 2 is 2.05 bits per heavy atom. The quantitative estimate of drug-likeness (QED) is 0.647. The van der Waals surface area contributed by atoms with Gasteiger partial charge in [-0.25, -0.2) is 4.39 Å². The first-order valence-corrected chi connectivity index (χ1v) is 8.66. The summed E-state index contributed by atoms with van der Waals surface area (Å²) in [6, 6.07) is 3.30. The third-order valence-corrected chi connectivity index (χ3v) is 5.36. The fraction of sp³-hybridized carbons (Fsp3) is 0.625. The molecule has 1 aliphatic carbocycles. The highest BCUT2D eigenvalue weighted by molar-refractivity contribution is 9.10. The summed E-state index contributed by atoms with van der Waals surface area (Å²) in [6.07, 6.45) is 7.52. The Balaban J connectivity index is 2.16. The van der Waals surface area contributed by atoms with Gasteiger partial charge in [0.1, 0.15) is 5.82 Å². The third-order valence-electron chi connectivity index (χ3n) is 4.16. The van der Waals surface area contributed by atoms with E-state index in [1.165, 1.54) is 38.2 Å². The van der Waals surface area contributed by atoms with Gasteiger partial charge >= 0.3 is 0 Å². The van der Waals surface area contributed by atoms with Crippen LogP contribution in [0.2, 0.25) is 5.02 Å². The van der Waals surface area contributed by atoms with Crippen molar-refractivity contribution in [2.45, 2.75) is 51.5 Å². The lowest BCUT2D eigenvalue weighted by Crippen LogP contribution is -2.25. The van der Waals surface area contributed by atoms with Crippen molar-refractivity contribution in [2.24, 2.45) is 5.92 Å². The Morgan fingerprint density at radius 1 is 1.35 bits per heavy atom. The molecule has 1 N–H and O–H groups in total. The molecule has 20 heavy (non-hydrogen) atoms. The van der Waals surface area contributed by atoms with Gasteiger partial charge in [0.15, 0.2) is 0 Å². The molecule has 1 aromatic rings. The van der Waals surface area contributed by atoms with Crippen molar-refractivity contribution in [2.75, 3.05) is 6.54 Å². The topological polar surface area (TPSA) is 12.0 Å². The predicted octanol–water partition coefficient (Wildman–Crippen LogP) is 5.86. The Hall–Kier alpha value is -0.120. The predicted molar refractivity (Wildman–Crippen MR) is 86.7 cm³/mol. The molecule has 1 atom stereocenters. The van der Waals surface area contributed by atoms with Crippen molar-refractivity contribution in [3.8, 4) is 0 Å². The molecule has 0 radical (unpaired) electrons. The molecular weight excluding hydrogens is 341 g/mol. The zero-order chi connectivity index (χ0) is 14.5. The Morgan fingerprint density at radius 3 is 2.70 bits per heavy atom. The van der Waals surface area contributed by atoms with Crippen LogP contribution in [0.3, 0.4) is 0 Å². The zero-order valence-electron chi connectivity index (χ0n) is 11.9. The van der Waals surface area contributed by atoms with Gasteiger partial charge in [-0.2, -0.15) is 0 Å². The molecule has 1 nitrogen and oxygen atoms in total. The van der Waals surface area contributed by atoms with Gasteiger partial charge < -0.3 is 5.32 Å². The van der Waals surface area contributed by atoms with Crippen LogP contribution in [0.4, 0.5) is 4.39 Å². The third kappa shape index (κ3) is 4.19. The van der Waals surface area contributed by atoms with Crippen LogP contribution >= 0.6 is 27.5 Å². The van der Waals surface area contributed by atoms with Crippen LogP contribution in [0.5, 0.6) is 0 Å². The highest BCUT2D eigenvalue weighted by atomic mass is 79.9. The number of rotatable bonds is 5. The van der Waals surface area contributed by atoms with Crippen molar-refractivity contribution in [3.63, 3.8) is 0 Å². The average Bonchev–Trinajstić information content (AvgIpc) is 2.44. The van der Waals surface area contributed by atoms with Crippen molar-refractivity contribution in [3.05, 3.63) is 33.0 Å². The van der Waals surface area contributed by atoms with E-state index in [-0.39, 0.29) is 11.9 Å². The molecule has 0 amide bonds. The molecule has 4 heteroatoms. The minimum atomic E-state index is -0.178. The first-order valence-electron chi connectivity index (χ1n) is 7.49. The summed E-state index contributed by atoms with van der Waals surface area (Å²) < 4.78 is 14.8. The fourth-order valence-electron chi connectivity index (χ4n) is 3.13. The molecule has 0 saturated heterocycles. The summed E-state index contributed by atoms with van der Waals surface area (Å²) in [5.41, 5.74) is 0.700. The molecule has 0 aliphatic heterocycles. The van der Waals surface area contributed by atoms with Gasteiger partial charge in [0, 0.05) is 16.1 Å². The lowest BCUT2D eigenvalue weighted by Gasteiger charge is -2.27. The van der Waals surface area contributed by atoms with E-state index in [0.717, 1.165) is 13.0 Å². The van der Waals surface area contributed by atoms with Crippen LogP contribution in [0.1, 0.15) is 57.1 Å². The largest absolute Gasteiger partial charge is 0.310 e. The lowest BCUT2D eigenvalue weighted by molar-refractivity contribution is 0.298. The van der Waals surface area contributed by atoms with Gasteiger partial charge in [-0.15, -0.1) is 0 Å². The molecular formula is C16H22BrClFN. The first kappa shape index (κ1) is 16.3. The monoisotopic (exact) mass is 361 g/mol. The second kappa shape index (κ2) is 7.77. The lowest BCUT2D eigenvalue weighted by atomic mass is 9.83. The Bertz CT molecular complexity index is 446. The van der Waals surface area contributed by atoms with Crippen LogP contribution in [0.15, 0.2) is 16.6 Å². The number of nitrogens with one attached hydrogen (secondary N) is 1. The maximum Gasteiger partial charge on any atom is 0.129 e. The SMILES string of the molecule is CCNC(CC1CCCCC1)c1cc(Cl)c(Br)cc1F. The molecule has 0 bridgehead atoms. The van der Waals surface area contributed by atoms with Gasteiger partial charge in [-0.05, 0) is 46.9 Å². The van der Waals surface area contributed by atoms with E-state index in [1.807, 2.05) is 0 Å². The molecule has 0 heterocycles. The van der Waals surface area contributed by atoms with Crippen molar-refractivity contribution < 1.29 is 4.39 Å². The van der Waals surface area contributed by atoms with Crippen molar-refractivity contribution in [1.29, 1.82) is 0 Å². The zero-order valence-corrected chi connectivity index (χ0v) is 14.2. The second-order valence-electron chi connectivity index (χ2n) is 5.64. The summed E-state index contributed by atoms with van der Waals surface area (Å²) >= 11 is 9.41. The second-order valence-corrected chi connectivity index (χ2v) is 6.90. The highest BCUT2D eigenvalue weighted by Crippen LogP contribution is 2.35. The van der Waals surface area contributed by atoms with E-state index >= 15 is 0 Å². The van der Waals surface area contributed by atoms with E-state index in [1.54, 1.807) is 6.07 Å². The summed E-state index contributed by atoms with van der Waals surface area (Å²) in [4.78, 5) is 0. The van der Waals surface area contributed by atoms with E-state index in [4.69, 9.17) is 11.6 Å². The smallest absolute Gasteiger partial charge is 0.129 e. The van der Waals surface area contributed by atoms with Gasteiger partial charge in [0.2, 0.25) is 0 Å². The van der Waals surface area contributed by atoms with E-state index < -0.39 is 0 Å². The summed E-state index contributed by atoms with van der Waals surface area (Å²) in [5, 5.41) is 4.00. The Kier molecular flexibility index (Phi) is 6.31. The number of benzene rings is 1. The van der Waals surface area contributed by atoms with Crippen molar-refractivity contribution in [1.82, 2.24) is 5.32 Å². The minimum absolute atomic E-state index is 0.0636. The molecule has 0 aromatic heterocycles. The molecule has 1 unspecified atom stereocenters. The summed E-state index contributed by atoms with van der Waals surface area (Å²) in [5.74, 6) is 0.526. The van der Waals surface area contributed by atoms with Crippen LogP contribution in [0, 0.1) is 11.7 Å². The normalized spacial score (nSPS) is 18.2. The fourth-order valence-corrected chi connectivity index (χ4v) is 3.62. The van der Waals surface area contributed by atoms with Gasteiger partial charge in [0.25, 0.3) is 0 Å². The number of hydrogen-bond donors (Lipinski definition) is 1. The highest BCUT2D eigenvalue weighted by Gasteiger charge is 2.22. The number of halogens is 3. The van der Waals surface area contributed by atoms with Crippen molar-refractivity contribution >= 4 is 27.5 Å². The molecule has 1 saturated carbocycles. The maximum absolute atomic E-state index is 14.2. The molecule has 112 valence electrons. The summed E-state index contributed by atoms with van der Waals surface area (Å²) in [6.45, 7) is 2.90. The molecule has 2 rings (SSSR count).